The van der Waals surface area contributed by atoms with Gasteiger partial charge in [0.1, 0.15) is 0 Å². The number of carbonyl (C=O) groups excluding carboxylic acids is 1. The van der Waals surface area contributed by atoms with Crippen LogP contribution in [0.15, 0.2) is 12.1 Å². The Labute approximate surface area is 117 Å². The molecule has 2 rings (SSSR count). The first-order valence-electron chi connectivity index (χ1n) is 6.38. The molecule has 1 fully saturated rings. The average molecular weight is 278 g/mol. The second kappa shape index (κ2) is 6.20. The average Bonchev–Trinajstić information content (AvgIpc) is 2.87. The topological polar surface area (TPSA) is 66.6 Å². The third-order valence-electron chi connectivity index (χ3n) is 3.34. The van der Waals surface area contributed by atoms with Crippen LogP contribution in [0.5, 0.6) is 0 Å². The molecule has 0 bridgehead atoms. The Kier molecular flexibility index (Phi) is 4.59. The standard InChI is InChI=1S/C14H18N2O2S/c1-10-6-8-16(9-12(10)17)14(18)13-5-4-11(19-13)3-2-7-15/h4-5,10,12,17H,6-9,15H2,1H3. The van der Waals surface area contributed by atoms with E-state index in [0.717, 1.165) is 11.3 Å². The van der Waals surface area contributed by atoms with Crippen molar-refractivity contribution in [1.29, 1.82) is 0 Å². The van der Waals surface area contributed by atoms with Gasteiger partial charge in [-0.15, -0.1) is 11.3 Å². The first-order valence-corrected chi connectivity index (χ1v) is 7.19. The number of hydrogen-bond acceptors (Lipinski definition) is 4. The van der Waals surface area contributed by atoms with E-state index in [1.807, 2.05) is 13.0 Å². The monoisotopic (exact) mass is 278 g/mol. The summed E-state index contributed by atoms with van der Waals surface area (Å²) in [4.78, 5) is 15.5. The van der Waals surface area contributed by atoms with Crippen molar-refractivity contribution >= 4 is 17.2 Å². The number of likely N-dealkylation sites (tertiary alicyclic amines) is 1. The quantitative estimate of drug-likeness (QED) is 0.750. The van der Waals surface area contributed by atoms with Crippen LogP contribution in [-0.2, 0) is 0 Å². The van der Waals surface area contributed by atoms with Gasteiger partial charge in [-0.25, -0.2) is 0 Å². The fourth-order valence-electron chi connectivity index (χ4n) is 2.05. The Bertz CT molecular complexity index is 515. The van der Waals surface area contributed by atoms with Gasteiger partial charge >= 0.3 is 0 Å². The summed E-state index contributed by atoms with van der Waals surface area (Å²) in [6, 6.07) is 3.63. The normalized spacial score (nSPS) is 22.8. The first kappa shape index (κ1) is 14.1. The summed E-state index contributed by atoms with van der Waals surface area (Å²) >= 11 is 1.37. The Morgan fingerprint density at radius 2 is 2.42 bits per heavy atom. The number of thiophene rings is 1. The second-order valence-corrected chi connectivity index (χ2v) is 5.84. The maximum Gasteiger partial charge on any atom is 0.264 e. The lowest BCUT2D eigenvalue weighted by Gasteiger charge is -2.34. The largest absolute Gasteiger partial charge is 0.391 e. The SMILES string of the molecule is CC1CCN(C(=O)c2ccc(C#CCN)s2)CC1O. The van der Waals surface area contributed by atoms with Gasteiger partial charge in [0.2, 0.25) is 0 Å². The van der Waals surface area contributed by atoms with Crippen molar-refractivity contribution in [3.63, 3.8) is 0 Å². The summed E-state index contributed by atoms with van der Waals surface area (Å²) in [6.45, 7) is 3.45. The summed E-state index contributed by atoms with van der Waals surface area (Å²) in [5.41, 5.74) is 5.32. The number of rotatable bonds is 1. The van der Waals surface area contributed by atoms with Crippen molar-refractivity contribution in [3.8, 4) is 11.8 Å². The maximum absolute atomic E-state index is 12.3. The fraction of sp³-hybridized carbons (Fsp3) is 0.500. The molecule has 5 heteroatoms. The third-order valence-corrected chi connectivity index (χ3v) is 4.32. The molecule has 4 nitrogen and oxygen atoms in total. The number of nitrogens with two attached hydrogens (primary N) is 1. The highest BCUT2D eigenvalue weighted by atomic mass is 32.1. The van der Waals surface area contributed by atoms with E-state index < -0.39 is 6.10 Å². The zero-order chi connectivity index (χ0) is 13.8. The van der Waals surface area contributed by atoms with Gasteiger partial charge in [-0.1, -0.05) is 18.8 Å². The lowest BCUT2D eigenvalue weighted by molar-refractivity contribution is 0.0251. The van der Waals surface area contributed by atoms with E-state index >= 15 is 0 Å². The zero-order valence-corrected chi connectivity index (χ0v) is 11.7. The molecule has 0 radical (unpaired) electrons. The smallest absolute Gasteiger partial charge is 0.264 e. The molecule has 1 aliphatic heterocycles. The van der Waals surface area contributed by atoms with Gasteiger partial charge in [0.15, 0.2) is 0 Å². The summed E-state index contributed by atoms with van der Waals surface area (Å²) < 4.78 is 0. The third kappa shape index (κ3) is 3.35. The van der Waals surface area contributed by atoms with Gasteiger partial charge in [0, 0.05) is 13.1 Å². The lowest BCUT2D eigenvalue weighted by atomic mass is 9.96. The van der Waals surface area contributed by atoms with Crippen molar-refractivity contribution in [2.45, 2.75) is 19.4 Å². The number of aliphatic hydroxyl groups is 1. The molecule has 19 heavy (non-hydrogen) atoms. The molecule has 1 amide bonds. The number of β-amino-alcohol motifs (C(OH)–C–C–N with tert-alkyl or cyclic N) is 1. The minimum Gasteiger partial charge on any atom is -0.391 e. The molecule has 2 heterocycles. The van der Waals surface area contributed by atoms with Crippen molar-refractivity contribution in [1.82, 2.24) is 4.90 Å². The van der Waals surface area contributed by atoms with Gasteiger partial charge in [-0.05, 0) is 24.5 Å². The predicted octanol–water partition coefficient (Wildman–Crippen LogP) is 0.901. The van der Waals surface area contributed by atoms with E-state index in [4.69, 9.17) is 5.73 Å². The van der Waals surface area contributed by atoms with Crippen LogP contribution in [0, 0.1) is 17.8 Å². The first-order chi connectivity index (χ1) is 9.11. The molecule has 2 unspecified atom stereocenters. The van der Waals surface area contributed by atoms with Crippen molar-refractivity contribution in [2.75, 3.05) is 19.6 Å². The molecule has 3 N–H and O–H groups in total. The van der Waals surface area contributed by atoms with Crippen LogP contribution in [0.25, 0.3) is 0 Å². The van der Waals surface area contributed by atoms with E-state index in [9.17, 15) is 9.90 Å². The van der Waals surface area contributed by atoms with Crippen LogP contribution >= 0.6 is 11.3 Å². The van der Waals surface area contributed by atoms with Gasteiger partial charge in [-0.3, -0.25) is 4.79 Å². The molecule has 1 aromatic heterocycles. The number of hydrogen-bond donors (Lipinski definition) is 2. The molecule has 1 saturated heterocycles. The minimum atomic E-state index is -0.422. The van der Waals surface area contributed by atoms with Crippen molar-refractivity contribution in [2.24, 2.45) is 11.7 Å². The summed E-state index contributed by atoms with van der Waals surface area (Å²) in [7, 11) is 0. The van der Waals surface area contributed by atoms with Crippen LogP contribution < -0.4 is 5.73 Å². The molecule has 1 aromatic rings. The number of aliphatic hydroxyl groups excluding tert-OH is 1. The van der Waals surface area contributed by atoms with E-state index in [2.05, 4.69) is 11.8 Å². The molecular weight excluding hydrogens is 260 g/mol. The molecule has 0 aliphatic carbocycles. The van der Waals surface area contributed by atoms with Gasteiger partial charge in [-0.2, -0.15) is 0 Å². The Morgan fingerprint density at radius 3 is 3.11 bits per heavy atom. The van der Waals surface area contributed by atoms with E-state index in [0.29, 0.717) is 24.5 Å². The van der Waals surface area contributed by atoms with Crippen LogP contribution in [0.3, 0.4) is 0 Å². The number of piperidine rings is 1. The zero-order valence-electron chi connectivity index (χ0n) is 10.9. The van der Waals surface area contributed by atoms with Crippen molar-refractivity contribution in [3.05, 3.63) is 21.9 Å². The van der Waals surface area contributed by atoms with Crippen LogP contribution in [0.2, 0.25) is 0 Å². The van der Waals surface area contributed by atoms with E-state index in [1.165, 1.54) is 11.3 Å². The van der Waals surface area contributed by atoms with Crippen molar-refractivity contribution < 1.29 is 9.90 Å². The molecule has 0 spiro atoms. The Morgan fingerprint density at radius 1 is 1.63 bits per heavy atom. The molecule has 102 valence electrons. The highest BCUT2D eigenvalue weighted by Gasteiger charge is 2.28. The van der Waals surface area contributed by atoms with Gasteiger partial charge in [0.05, 0.1) is 22.4 Å². The minimum absolute atomic E-state index is 0.0169. The summed E-state index contributed by atoms with van der Waals surface area (Å²) in [5.74, 6) is 5.94. The highest BCUT2D eigenvalue weighted by molar-refractivity contribution is 7.14. The molecule has 2 atom stereocenters. The molecular formula is C14H18N2O2S. The van der Waals surface area contributed by atoms with Crippen LogP contribution in [0.4, 0.5) is 0 Å². The van der Waals surface area contributed by atoms with Crippen LogP contribution in [0.1, 0.15) is 27.9 Å². The second-order valence-electron chi connectivity index (χ2n) is 4.75. The van der Waals surface area contributed by atoms with E-state index in [-0.39, 0.29) is 11.8 Å². The number of amides is 1. The predicted molar refractivity (Wildman–Crippen MR) is 75.9 cm³/mol. The molecule has 1 aliphatic rings. The van der Waals surface area contributed by atoms with E-state index in [1.54, 1.807) is 11.0 Å². The highest BCUT2D eigenvalue weighted by Crippen LogP contribution is 2.22. The summed E-state index contributed by atoms with van der Waals surface area (Å²) in [6.07, 6.45) is 0.423. The van der Waals surface area contributed by atoms with Gasteiger partial charge in [0.25, 0.3) is 5.91 Å². The summed E-state index contributed by atoms with van der Waals surface area (Å²) in [5, 5.41) is 9.84. The fourth-order valence-corrected chi connectivity index (χ4v) is 2.90. The Hall–Kier alpha value is -1.35. The number of nitrogens with zero attached hydrogens (tertiary/aromatic N) is 1. The number of carbonyl (C=O) groups is 1. The lowest BCUT2D eigenvalue weighted by Crippen LogP contribution is -2.45. The molecule has 0 aromatic carbocycles. The maximum atomic E-state index is 12.3. The van der Waals surface area contributed by atoms with Crippen LogP contribution in [-0.4, -0.2) is 41.7 Å². The van der Waals surface area contributed by atoms with Gasteiger partial charge < -0.3 is 15.7 Å². The molecule has 0 saturated carbocycles. The Balaban J connectivity index is 2.05.